The molecule has 0 bridgehead atoms. The number of hydrogen-bond acceptors (Lipinski definition) is 2. The molecular weight excluding hydrogens is 212 g/mol. The molecule has 17 heavy (non-hydrogen) atoms. The van der Waals surface area contributed by atoms with Crippen LogP contribution in [0.2, 0.25) is 0 Å². The van der Waals surface area contributed by atoms with Crippen molar-refractivity contribution in [2.75, 3.05) is 6.79 Å². The van der Waals surface area contributed by atoms with Crippen molar-refractivity contribution in [2.24, 2.45) is 5.92 Å². The summed E-state index contributed by atoms with van der Waals surface area (Å²) in [6, 6.07) is 4.23. The van der Waals surface area contributed by atoms with Gasteiger partial charge in [-0.2, -0.15) is 0 Å². The van der Waals surface area contributed by atoms with Crippen LogP contribution in [0.25, 0.3) is 0 Å². The smallest absolute Gasteiger partial charge is 0.231 e. The first-order valence-electron chi connectivity index (χ1n) is 6.31. The van der Waals surface area contributed by atoms with Gasteiger partial charge in [0.05, 0.1) is 0 Å². The van der Waals surface area contributed by atoms with E-state index in [1.807, 2.05) is 6.07 Å². The molecule has 1 aromatic carbocycles. The third-order valence-electron chi connectivity index (χ3n) is 3.00. The van der Waals surface area contributed by atoms with E-state index in [1.54, 1.807) is 0 Å². The lowest BCUT2D eigenvalue weighted by atomic mass is 9.81. The van der Waals surface area contributed by atoms with Gasteiger partial charge in [0, 0.05) is 5.56 Å². The minimum absolute atomic E-state index is 0.0866. The van der Waals surface area contributed by atoms with Gasteiger partial charge in [0.1, 0.15) is 0 Å². The Morgan fingerprint density at radius 2 is 1.88 bits per heavy atom. The van der Waals surface area contributed by atoms with Gasteiger partial charge < -0.3 is 9.47 Å². The second-order valence-electron chi connectivity index (χ2n) is 6.18. The van der Waals surface area contributed by atoms with Crippen LogP contribution in [0.3, 0.4) is 0 Å². The van der Waals surface area contributed by atoms with E-state index < -0.39 is 0 Å². The van der Waals surface area contributed by atoms with Crippen LogP contribution in [0, 0.1) is 5.92 Å². The Kier molecular flexibility index (Phi) is 3.07. The predicted molar refractivity (Wildman–Crippen MR) is 69.8 cm³/mol. The molecule has 1 aliphatic heterocycles. The molecule has 2 rings (SSSR count). The highest BCUT2D eigenvalue weighted by molar-refractivity contribution is 5.55. The first kappa shape index (κ1) is 12.3. The molecule has 0 aromatic heterocycles. The SMILES string of the molecule is CC(C)Cc1ccc2c(c1C(C)(C)C)OCO2. The summed E-state index contributed by atoms with van der Waals surface area (Å²) < 4.78 is 11.1. The quantitative estimate of drug-likeness (QED) is 0.772. The molecular formula is C15H22O2. The standard InChI is InChI=1S/C15H22O2/c1-10(2)8-11-6-7-12-14(17-9-16-12)13(11)15(3,4)5/h6-7,10H,8-9H2,1-5H3. The number of rotatable bonds is 2. The van der Waals surface area contributed by atoms with Crippen LogP contribution in [0.4, 0.5) is 0 Å². The normalized spacial score (nSPS) is 14.5. The van der Waals surface area contributed by atoms with E-state index in [4.69, 9.17) is 9.47 Å². The van der Waals surface area contributed by atoms with Crippen molar-refractivity contribution in [3.05, 3.63) is 23.3 Å². The zero-order chi connectivity index (χ0) is 12.6. The third kappa shape index (κ3) is 2.41. The Bertz CT molecular complexity index is 414. The van der Waals surface area contributed by atoms with Crippen LogP contribution in [0.1, 0.15) is 45.7 Å². The van der Waals surface area contributed by atoms with Gasteiger partial charge >= 0.3 is 0 Å². The lowest BCUT2D eigenvalue weighted by Gasteiger charge is -2.25. The maximum atomic E-state index is 5.66. The first-order valence-corrected chi connectivity index (χ1v) is 6.31. The summed E-state index contributed by atoms with van der Waals surface area (Å²) in [5, 5.41) is 0. The second-order valence-corrected chi connectivity index (χ2v) is 6.18. The zero-order valence-electron chi connectivity index (χ0n) is 11.5. The van der Waals surface area contributed by atoms with Gasteiger partial charge in [0.25, 0.3) is 0 Å². The van der Waals surface area contributed by atoms with Crippen molar-refractivity contribution < 1.29 is 9.47 Å². The van der Waals surface area contributed by atoms with Crippen LogP contribution in [0.15, 0.2) is 12.1 Å². The second kappa shape index (κ2) is 4.25. The van der Waals surface area contributed by atoms with Gasteiger partial charge in [0.2, 0.25) is 6.79 Å². The van der Waals surface area contributed by atoms with Crippen LogP contribution in [-0.2, 0) is 11.8 Å². The molecule has 0 N–H and O–H groups in total. The summed E-state index contributed by atoms with van der Waals surface area (Å²) >= 11 is 0. The number of hydrogen-bond donors (Lipinski definition) is 0. The summed E-state index contributed by atoms with van der Waals surface area (Å²) in [7, 11) is 0. The van der Waals surface area contributed by atoms with Gasteiger partial charge in [-0.25, -0.2) is 0 Å². The number of benzene rings is 1. The fraction of sp³-hybridized carbons (Fsp3) is 0.600. The molecule has 94 valence electrons. The molecule has 1 heterocycles. The van der Waals surface area contributed by atoms with Crippen molar-refractivity contribution in [3.8, 4) is 11.5 Å². The minimum Gasteiger partial charge on any atom is -0.454 e. The summed E-state index contributed by atoms with van der Waals surface area (Å²) in [5.41, 5.74) is 2.78. The van der Waals surface area contributed by atoms with Crippen molar-refractivity contribution in [3.63, 3.8) is 0 Å². The molecule has 0 saturated heterocycles. The molecule has 0 radical (unpaired) electrons. The van der Waals surface area contributed by atoms with Gasteiger partial charge in [-0.15, -0.1) is 0 Å². The molecule has 0 atom stereocenters. The average molecular weight is 234 g/mol. The monoisotopic (exact) mass is 234 g/mol. The fourth-order valence-electron chi connectivity index (χ4n) is 2.45. The Balaban J connectivity index is 2.53. The van der Waals surface area contributed by atoms with Crippen LogP contribution in [-0.4, -0.2) is 6.79 Å². The highest BCUT2D eigenvalue weighted by Gasteiger charge is 2.28. The fourth-order valence-corrected chi connectivity index (χ4v) is 2.45. The largest absolute Gasteiger partial charge is 0.454 e. The van der Waals surface area contributed by atoms with Crippen LogP contribution < -0.4 is 9.47 Å². The first-order chi connectivity index (χ1) is 7.89. The van der Waals surface area contributed by atoms with Crippen molar-refractivity contribution in [2.45, 2.75) is 46.5 Å². The van der Waals surface area contributed by atoms with E-state index in [0.29, 0.717) is 12.7 Å². The highest BCUT2D eigenvalue weighted by atomic mass is 16.7. The van der Waals surface area contributed by atoms with Crippen molar-refractivity contribution in [1.82, 2.24) is 0 Å². The molecule has 0 amide bonds. The van der Waals surface area contributed by atoms with Crippen LogP contribution in [0.5, 0.6) is 11.5 Å². The Hall–Kier alpha value is -1.18. The van der Waals surface area contributed by atoms with Gasteiger partial charge in [0.15, 0.2) is 11.5 Å². The molecule has 0 spiro atoms. The molecule has 1 aliphatic rings. The lowest BCUT2D eigenvalue weighted by Crippen LogP contribution is -2.16. The zero-order valence-corrected chi connectivity index (χ0v) is 11.5. The Morgan fingerprint density at radius 1 is 1.18 bits per heavy atom. The van der Waals surface area contributed by atoms with E-state index in [0.717, 1.165) is 17.9 Å². The van der Waals surface area contributed by atoms with Gasteiger partial charge in [-0.3, -0.25) is 0 Å². The maximum Gasteiger partial charge on any atom is 0.231 e. The Morgan fingerprint density at radius 3 is 2.47 bits per heavy atom. The number of ether oxygens (including phenoxy) is 2. The van der Waals surface area contributed by atoms with Gasteiger partial charge in [-0.1, -0.05) is 40.7 Å². The molecule has 1 aromatic rings. The molecule has 2 heteroatoms. The van der Waals surface area contributed by atoms with Crippen LogP contribution >= 0.6 is 0 Å². The van der Waals surface area contributed by atoms with E-state index >= 15 is 0 Å². The molecule has 0 saturated carbocycles. The maximum absolute atomic E-state index is 5.66. The summed E-state index contributed by atoms with van der Waals surface area (Å²) in [6.45, 7) is 11.5. The molecule has 0 unspecified atom stereocenters. The molecule has 0 aliphatic carbocycles. The summed E-state index contributed by atoms with van der Waals surface area (Å²) in [5.74, 6) is 2.49. The molecule has 0 fully saturated rings. The predicted octanol–water partition coefficient (Wildman–Crippen LogP) is 3.91. The van der Waals surface area contributed by atoms with E-state index in [9.17, 15) is 0 Å². The van der Waals surface area contributed by atoms with E-state index in [-0.39, 0.29) is 5.41 Å². The molecule has 2 nitrogen and oxygen atoms in total. The summed E-state index contributed by atoms with van der Waals surface area (Å²) in [4.78, 5) is 0. The highest BCUT2D eigenvalue weighted by Crippen LogP contribution is 2.44. The summed E-state index contributed by atoms with van der Waals surface area (Å²) in [6.07, 6.45) is 1.09. The van der Waals surface area contributed by atoms with Crippen molar-refractivity contribution in [1.29, 1.82) is 0 Å². The average Bonchev–Trinajstić information content (AvgIpc) is 2.61. The lowest BCUT2D eigenvalue weighted by molar-refractivity contribution is 0.172. The minimum atomic E-state index is 0.0866. The van der Waals surface area contributed by atoms with E-state index in [1.165, 1.54) is 11.1 Å². The van der Waals surface area contributed by atoms with Gasteiger partial charge in [-0.05, 0) is 29.4 Å². The third-order valence-corrected chi connectivity index (χ3v) is 3.00. The number of fused-ring (bicyclic) bond motifs is 1. The van der Waals surface area contributed by atoms with E-state index in [2.05, 4.69) is 40.7 Å². The Labute approximate surface area is 104 Å². The topological polar surface area (TPSA) is 18.5 Å². The van der Waals surface area contributed by atoms with Crippen molar-refractivity contribution >= 4 is 0 Å².